The molecule has 1 aromatic heterocycles. The molecule has 0 saturated heterocycles. The van der Waals surface area contributed by atoms with Gasteiger partial charge in [0.2, 0.25) is 0 Å². The Morgan fingerprint density at radius 3 is 1.91 bits per heavy atom. The van der Waals surface area contributed by atoms with E-state index >= 15 is 0 Å². The van der Waals surface area contributed by atoms with Crippen LogP contribution in [0.15, 0.2) is 188 Å². The number of rotatable bonds is 5. The lowest BCUT2D eigenvalue weighted by Gasteiger charge is -2.29. The van der Waals surface area contributed by atoms with Crippen LogP contribution >= 0.6 is 11.3 Å². The van der Waals surface area contributed by atoms with E-state index in [0.29, 0.717) is 0 Å². The third-order valence-corrected chi connectivity index (χ3v) is 13.0. The molecule has 0 N–H and O–H groups in total. The summed E-state index contributed by atoms with van der Waals surface area (Å²) in [6.07, 6.45) is 0. The molecule has 0 atom stereocenters. The molecule has 260 valence electrons. The molecule has 0 unspecified atom stereocenters. The molecule has 0 amide bonds. The van der Waals surface area contributed by atoms with Gasteiger partial charge in [0.25, 0.3) is 0 Å². The minimum atomic E-state index is -0.0545. The van der Waals surface area contributed by atoms with Crippen molar-refractivity contribution >= 4 is 70.1 Å². The van der Waals surface area contributed by atoms with E-state index in [-0.39, 0.29) is 5.41 Å². The van der Waals surface area contributed by atoms with E-state index < -0.39 is 0 Å². The first-order valence-electron chi connectivity index (χ1n) is 19.1. The zero-order valence-corrected chi connectivity index (χ0v) is 31.6. The first kappa shape index (κ1) is 32.0. The van der Waals surface area contributed by atoms with Crippen LogP contribution in [0.1, 0.15) is 25.0 Å². The van der Waals surface area contributed by atoms with Crippen molar-refractivity contribution in [2.75, 3.05) is 4.90 Å². The third-order valence-electron chi connectivity index (χ3n) is 11.8. The van der Waals surface area contributed by atoms with Gasteiger partial charge in [0.05, 0.1) is 5.69 Å². The number of hydrogen-bond donors (Lipinski definition) is 0. The van der Waals surface area contributed by atoms with Gasteiger partial charge in [0, 0.05) is 42.5 Å². The minimum Gasteiger partial charge on any atom is -0.310 e. The summed E-state index contributed by atoms with van der Waals surface area (Å²) in [7, 11) is 0. The molecule has 0 radical (unpaired) electrons. The van der Waals surface area contributed by atoms with E-state index in [1.165, 1.54) is 86.2 Å². The Morgan fingerprint density at radius 1 is 0.400 bits per heavy atom. The number of benzene rings is 9. The molecule has 1 aliphatic rings. The minimum absolute atomic E-state index is 0.0545. The number of para-hydroxylation sites is 1. The first-order chi connectivity index (χ1) is 27.0. The van der Waals surface area contributed by atoms with Crippen molar-refractivity contribution in [1.82, 2.24) is 0 Å². The fourth-order valence-corrected chi connectivity index (χ4v) is 10.2. The molecule has 10 aromatic rings. The maximum atomic E-state index is 2.45. The Morgan fingerprint density at radius 2 is 1.04 bits per heavy atom. The normalized spacial score (nSPS) is 13.1. The molecule has 0 fully saturated rings. The summed E-state index contributed by atoms with van der Waals surface area (Å²) in [5.74, 6) is 0. The number of thiophene rings is 1. The summed E-state index contributed by atoms with van der Waals surface area (Å²) in [4.78, 5) is 2.45. The van der Waals surface area contributed by atoms with E-state index in [4.69, 9.17) is 0 Å². The molecule has 9 aromatic carbocycles. The quantitative estimate of drug-likeness (QED) is 0.171. The van der Waals surface area contributed by atoms with E-state index in [2.05, 4.69) is 207 Å². The molecular formula is C53H37NS. The summed E-state index contributed by atoms with van der Waals surface area (Å²) in [5, 5.41) is 7.77. The number of anilines is 3. The molecule has 0 spiro atoms. The zero-order valence-electron chi connectivity index (χ0n) is 30.8. The molecule has 1 aliphatic carbocycles. The SMILES string of the molecule is CC1(C)c2ccccc2-c2cc(N(c3ccc(-c4ccc5sc6ccc7ccccc7c6c5c4)cc3)c3ccccc3-c3ccc4ccccc4c3)ccc21. The highest BCUT2D eigenvalue weighted by molar-refractivity contribution is 7.26. The molecule has 11 rings (SSSR count). The second kappa shape index (κ2) is 12.3. The van der Waals surface area contributed by atoms with Crippen molar-refractivity contribution in [3.63, 3.8) is 0 Å². The molecule has 0 aliphatic heterocycles. The van der Waals surface area contributed by atoms with Crippen LogP contribution in [0.2, 0.25) is 0 Å². The van der Waals surface area contributed by atoms with E-state index in [9.17, 15) is 0 Å². The van der Waals surface area contributed by atoms with Crippen LogP contribution < -0.4 is 4.90 Å². The van der Waals surface area contributed by atoms with Crippen LogP contribution in [0.4, 0.5) is 17.1 Å². The number of hydrogen-bond acceptors (Lipinski definition) is 2. The largest absolute Gasteiger partial charge is 0.310 e. The second-order valence-corrected chi connectivity index (χ2v) is 16.4. The summed E-state index contributed by atoms with van der Waals surface area (Å²) in [5.41, 5.74) is 13.6. The fraction of sp³-hybridized carbons (Fsp3) is 0.0566. The fourth-order valence-electron chi connectivity index (χ4n) is 9.07. The summed E-state index contributed by atoms with van der Waals surface area (Å²) in [6.45, 7) is 4.70. The van der Waals surface area contributed by atoms with Crippen LogP contribution in [0.3, 0.4) is 0 Å². The van der Waals surface area contributed by atoms with Gasteiger partial charge in [0.1, 0.15) is 0 Å². The van der Waals surface area contributed by atoms with Crippen LogP contribution in [0.5, 0.6) is 0 Å². The first-order valence-corrected chi connectivity index (χ1v) is 19.9. The molecule has 1 heterocycles. The Labute approximate surface area is 325 Å². The second-order valence-electron chi connectivity index (χ2n) is 15.3. The standard InChI is InChI=1S/C53H37NS/c1-53(2)47-17-9-7-16-44(47)45-33-41(27-28-48(45)53)54(49-18-10-8-14-42(49)39-20-19-34-11-3-4-13-37(34)31-39)40-25-21-35(22-26-40)38-24-29-50-46(32-38)52-43-15-6-5-12-36(43)23-30-51(52)55-50/h3-33H,1-2H3. The summed E-state index contributed by atoms with van der Waals surface area (Å²) < 4.78 is 2.66. The van der Waals surface area contributed by atoms with Crippen LogP contribution in [0.25, 0.3) is 75.1 Å². The van der Waals surface area contributed by atoms with Crippen molar-refractivity contribution in [1.29, 1.82) is 0 Å². The molecule has 0 saturated carbocycles. The van der Waals surface area contributed by atoms with Crippen LogP contribution in [-0.4, -0.2) is 0 Å². The predicted molar refractivity (Wildman–Crippen MR) is 237 cm³/mol. The predicted octanol–water partition coefficient (Wildman–Crippen LogP) is 15.5. The van der Waals surface area contributed by atoms with Crippen molar-refractivity contribution in [3.05, 3.63) is 199 Å². The van der Waals surface area contributed by atoms with Gasteiger partial charge < -0.3 is 4.90 Å². The van der Waals surface area contributed by atoms with Crippen molar-refractivity contribution < 1.29 is 0 Å². The average molecular weight is 720 g/mol. The molecular weight excluding hydrogens is 683 g/mol. The van der Waals surface area contributed by atoms with Gasteiger partial charge in [-0.1, -0.05) is 147 Å². The maximum absolute atomic E-state index is 2.45. The molecule has 2 heteroatoms. The molecule has 1 nitrogen and oxygen atoms in total. The van der Waals surface area contributed by atoms with E-state index in [1.807, 2.05) is 11.3 Å². The topological polar surface area (TPSA) is 3.24 Å². The highest BCUT2D eigenvalue weighted by Gasteiger charge is 2.35. The maximum Gasteiger partial charge on any atom is 0.0540 e. The lowest BCUT2D eigenvalue weighted by atomic mass is 9.82. The van der Waals surface area contributed by atoms with E-state index in [1.54, 1.807) is 0 Å². The zero-order chi connectivity index (χ0) is 36.7. The number of fused-ring (bicyclic) bond motifs is 9. The molecule has 0 bridgehead atoms. The van der Waals surface area contributed by atoms with Gasteiger partial charge in [0.15, 0.2) is 0 Å². The van der Waals surface area contributed by atoms with Gasteiger partial charge in [-0.3, -0.25) is 0 Å². The van der Waals surface area contributed by atoms with Crippen molar-refractivity contribution in [2.45, 2.75) is 19.3 Å². The Balaban J connectivity index is 1.07. The Kier molecular flexibility index (Phi) is 7.14. The Hall–Kier alpha value is -6.48. The highest BCUT2D eigenvalue weighted by Crippen LogP contribution is 2.51. The van der Waals surface area contributed by atoms with Gasteiger partial charge in [-0.2, -0.15) is 0 Å². The Bertz CT molecular complexity index is 3130. The van der Waals surface area contributed by atoms with Crippen LogP contribution in [0, 0.1) is 0 Å². The van der Waals surface area contributed by atoms with E-state index in [0.717, 1.165) is 17.1 Å². The monoisotopic (exact) mass is 719 g/mol. The third kappa shape index (κ3) is 5.06. The number of nitrogens with zero attached hydrogens (tertiary/aromatic N) is 1. The van der Waals surface area contributed by atoms with Crippen molar-refractivity contribution in [2.24, 2.45) is 0 Å². The lowest BCUT2D eigenvalue weighted by molar-refractivity contribution is 0.660. The summed E-state index contributed by atoms with van der Waals surface area (Å²) in [6, 6.07) is 69.7. The lowest BCUT2D eigenvalue weighted by Crippen LogP contribution is -2.15. The molecule has 55 heavy (non-hydrogen) atoms. The van der Waals surface area contributed by atoms with Crippen LogP contribution in [-0.2, 0) is 5.41 Å². The van der Waals surface area contributed by atoms with Gasteiger partial charge in [-0.25, -0.2) is 0 Å². The van der Waals surface area contributed by atoms with Gasteiger partial charge in [-0.15, -0.1) is 11.3 Å². The smallest absolute Gasteiger partial charge is 0.0540 e. The van der Waals surface area contributed by atoms with Gasteiger partial charge in [-0.05, 0) is 115 Å². The highest BCUT2D eigenvalue weighted by atomic mass is 32.1. The van der Waals surface area contributed by atoms with Crippen molar-refractivity contribution in [3.8, 4) is 33.4 Å². The summed E-state index contributed by atoms with van der Waals surface area (Å²) >= 11 is 1.88. The van der Waals surface area contributed by atoms with Gasteiger partial charge >= 0.3 is 0 Å². The average Bonchev–Trinajstić information content (AvgIpc) is 3.73.